The molecule has 1 aromatic heterocycles. The third-order valence-electron chi connectivity index (χ3n) is 4.12. The molecule has 0 bridgehead atoms. The van der Waals surface area contributed by atoms with Crippen LogP contribution in [0.1, 0.15) is 0 Å². The Hall–Kier alpha value is -2.79. The smallest absolute Gasteiger partial charge is 0.271 e. The van der Waals surface area contributed by atoms with Crippen molar-refractivity contribution in [3.8, 4) is 0 Å². The van der Waals surface area contributed by atoms with Crippen molar-refractivity contribution >= 4 is 27.2 Å². The van der Waals surface area contributed by atoms with E-state index in [4.69, 9.17) is 5.14 Å². The molecule has 0 atom stereocenters. The Kier molecular flexibility index (Phi) is 4.74. The lowest BCUT2D eigenvalue weighted by Crippen LogP contribution is -2.47. The third-order valence-corrected chi connectivity index (χ3v) is 5.07. The van der Waals surface area contributed by atoms with E-state index in [-0.39, 0.29) is 16.3 Å². The molecule has 0 radical (unpaired) electrons. The molecule has 0 amide bonds. The van der Waals surface area contributed by atoms with Gasteiger partial charge in [0.15, 0.2) is 0 Å². The van der Waals surface area contributed by atoms with Crippen molar-refractivity contribution in [1.29, 1.82) is 0 Å². The summed E-state index contributed by atoms with van der Waals surface area (Å²) in [7, 11) is -4.03. The van der Waals surface area contributed by atoms with Crippen molar-refractivity contribution in [3.05, 3.63) is 52.5 Å². The number of nitrogens with two attached hydrogens (primary N) is 1. The molecule has 11 heteroatoms. The fourth-order valence-electron chi connectivity index (χ4n) is 2.84. The molecule has 0 unspecified atom stereocenters. The predicted octanol–water partition coefficient (Wildman–Crippen LogP) is 1.10. The average Bonchev–Trinajstić information content (AvgIpc) is 2.61. The molecule has 0 aliphatic carbocycles. The third kappa shape index (κ3) is 3.73. The monoisotopic (exact) mass is 381 g/mol. The zero-order valence-electron chi connectivity index (χ0n) is 13.6. The van der Waals surface area contributed by atoms with Crippen LogP contribution in [0.3, 0.4) is 0 Å². The lowest BCUT2D eigenvalue weighted by atomic mass is 10.2. The van der Waals surface area contributed by atoms with Crippen LogP contribution in [0.5, 0.6) is 0 Å². The largest absolute Gasteiger partial charge is 0.367 e. The second kappa shape index (κ2) is 6.84. The maximum absolute atomic E-state index is 13.0. The first-order chi connectivity index (χ1) is 12.3. The number of rotatable bonds is 4. The minimum atomic E-state index is -4.03. The van der Waals surface area contributed by atoms with Crippen molar-refractivity contribution < 1.29 is 17.7 Å². The summed E-state index contributed by atoms with van der Waals surface area (Å²) in [6.45, 7) is 1.79. The zero-order valence-corrected chi connectivity index (χ0v) is 14.4. The predicted molar refractivity (Wildman–Crippen MR) is 93.1 cm³/mol. The number of nitrogens with zero attached hydrogens (tertiary/aromatic N) is 4. The van der Waals surface area contributed by atoms with Crippen LogP contribution in [0.4, 0.5) is 21.6 Å². The Labute approximate surface area is 149 Å². The van der Waals surface area contributed by atoms with Crippen molar-refractivity contribution in [3.63, 3.8) is 0 Å². The zero-order chi connectivity index (χ0) is 18.9. The first-order valence-electron chi connectivity index (χ1n) is 7.68. The van der Waals surface area contributed by atoms with Gasteiger partial charge in [-0.05, 0) is 18.2 Å². The quantitative estimate of drug-likeness (QED) is 0.621. The minimum absolute atomic E-state index is 0.156. The van der Waals surface area contributed by atoms with Gasteiger partial charge in [0.2, 0.25) is 10.0 Å². The lowest BCUT2D eigenvalue weighted by Gasteiger charge is -2.37. The number of nitro groups is 1. The fraction of sp³-hybridized carbons (Fsp3) is 0.267. The molecule has 1 fully saturated rings. The van der Waals surface area contributed by atoms with Crippen molar-refractivity contribution in [2.45, 2.75) is 4.90 Å². The number of piperazine rings is 1. The van der Waals surface area contributed by atoms with E-state index < -0.39 is 20.8 Å². The van der Waals surface area contributed by atoms with Crippen molar-refractivity contribution in [1.82, 2.24) is 4.98 Å². The Morgan fingerprint density at radius 2 is 1.77 bits per heavy atom. The number of non-ortho nitro benzene ring substituents is 1. The van der Waals surface area contributed by atoms with Crippen molar-refractivity contribution in [2.75, 3.05) is 36.0 Å². The number of hydrogen-bond donors (Lipinski definition) is 1. The van der Waals surface area contributed by atoms with Gasteiger partial charge in [0.25, 0.3) is 5.69 Å². The molecular weight excluding hydrogens is 365 g/mol. The highest BCUT2D eigenvalue weighted by molar-refractivity contribution is 7.89. The maximum atomic E-state index is 13.0. The molecule has 1 saturated heterocycles. The number of hydrogen-bond acceptors (Lipinski definition) is 7. The molecule has 3 rings (SSSR count). The van der Waals surface area contributed by atoms with Gasteiger partial charge in [-0.2, -0.15) is 0 Å². The number of nitro benzene ring substituents is 1. The highest BCUT2D eigenvalue weighted by Crippen LogP contribution is 2.30. The second-order valence-corrected chi connectivity index (χ2v) is 7.29. The summed E-state index contributed by atoms with van der Waals surface area (Å²) in [5.41, 5.74) is -0.0107. The van der Waals surface area contributed by atoms with Gasteiger partial charge < -0.3 is 9.80 Å². The topological polar surface area (TPSA) is 123 Å². The van der Waals surface area contributed by atoms with Crippen LogP contribution in [0.15, 0.2) is 41.4 Å². The molecule has 1 aromatic carbocycles. The molecule has 2 heterocycles. The number of halogens is 1. The van der Waals surface area contributed by atoms with Gasteiger partial charge in [-0.1, -0.05) is 0 Å². The lowest BCUT2D eigenvalue weighted by molar-refractivity contribution is -0.384. The van der Waals surface area contributed by atoms with Gasteiger partial charge in [-0.3, -0.25) is 10.1 Å². The van der Waals surface area contributed by atoms with E-state index in [1.165, 1.54) is 12.1 Å². The fourth-order valence-corrected chi connectivity index (χ4v) is 3.58. The van der Waals surface area contributed by atoms with Crippen LogP contribution in [0.25, 0.3) is 0 Å². The van der Waals surface area contributed by atoms with Gasteiger partial charge in [0.05, 0.1) is 16.8 Å². The van der Waals surface area contributed by atoms with Gasteiger partial charge in [-0.15, -0.1) is 0 Å². The maximum Gasteiger partial charge on any atom is 0.271 e. The summed E-state index contributed by atoms with van der Waals surface area (Å²) in [4.78, 5) is 17.9. The summed E-state index contributed by atoms with van der Waals surface area (Å²) >= 11 is 0. The molecule has 2 aromatic rings. The normalized spacial score (nSPS) is 15.2. The van der Waals surface area contributed by atoms with E-state index in [9.17, 15) is 22.9 Å². The first kappa shape index (κ1) is 18.0. The summed E-state index contributed by atoms with van der Waals surface area (Å²) < 4.78 is 36.6. The first-order valence-corrected chi connectivity index (χ1v) is 9.23. The summed E-state index contributed by atoms with van der Waals surface area (Å²) in [6, 6.07) is 6.35. The molecular formula is C15H16FN5O4S. The van der Waals surface area contributed by atoms with E-state index in [0.717, 1.165) is 18.3 Å². The van der Waals surface area contributed by atoms with E-state index in [2.05, 4.69) is 4.98 Å². The van der Waals surface area contributed by atoms with Crippen LogP contribution >= 0.6 is 0 Å². The summed E-state index contributed by atoms with van der Waals surface area (Å²) in [5, 5.41) is 16.3. The number of sulfonamides is 1. The number of anilines is 2. The Bertz CT molecular complexity index is 928. The SMILES string of the molecule is NS(=O)(=O)c1ccc([N+](=O)[O-])cc1N1CCN(c2ccc(F)cn2)CC1. The van der Waals surface area contributed by atoms with Crippen LogP contribution in [-0.2, 0) is 10.0 Å². The van der Waals surface area contributed by atoms with Gasteiger partial charge in [0.1, 0.15) is 16.5 Å². The van der Waals surface area contributed by atoms with E-state index >= 15 is 0 Å². The average molecular weight is 381 g/mol. The Balaban J connectivity index is 1.85. The van der Waals surface area contributed by atoms with E-state index in [1.54, 1.807) is 11.0 Å². The number of primary sulfonamides is 1. The molecule has 2 N–H and O–H groups in total. The van der Waals surface area contributed by atoms with Crippen LogP contribution in [0, 0.1) is 15.9 Å². The van der Waals surface area contributed by atoms with Crippen molar-refractivity contribution in [2.24, 2.45) is 5.14 Å². The van der Waals surface area contributed by atoms with Crippen LogP contribution in [0.2, 0.25) is 0 Å². The molecule has 0 saturated carbocycles. The van der Waals surface area contributed by atoms with Gasteiger partial charge in [-0.25, -0.2) is 22.9 Å². The standard InChI is InChI=1S/C15H16FN5O4S/c16-11-1-4-15(18-10-11)20-7-5-19(6-8-20)13-9-12(21(22)23)2-3-14(13)26(17,24)25/h1-4,9-10H,5-8H2,(H2,17,24,25). The molecule has 9 nitrogen and oxygen atoms in total. The number of aromatic nitrogens is 1. The molecule has 26 heavy (non-hydrogen) atoms. The van der Waals surface area contributed by atoms with Crippen LogP contribution in [-0.4, -0.2) is 44.5 Å². The molecule has 0 spiro atoms. The number of benzene rings is 1. The molecule has 138 valence electrons. The summed E-state index contributed by atoms with van der Waals surface area (Å²) in [6.07, 6.45) is 1.13. The van der Waals surface area contributed by atoms with Gasteiger partial charge >= 0.3 is 0 Å². The minimum Gasteiger partial charge on any atom is -0.367 e. The number of pyridine rings is 1. The highest BCUT2D eigenvalue weighted by Gasteiger charge is 2.25. The Morgan fingerprint density at radius 3 is 2.31 bits per heavy atom. The second-order valence-electron chi connectivity index (χ2n) is 5.76. The highest BCUT2D eigenvalue weighted by atomic mass is 32.2. The van der Waals surface area contributed by atoms with E-state index in [0.29, 0.717) is 32.0 Å². The summed E-state index contributed by atoms with van der Waals surface area (Å²) in [5.74, 6) is 0.179. The van der Waals surface area contributed by atoms with Gasteiger partial charge in [0, 0.05) is 38.3 Å². The molecule has 1 aliphatic heterocycles. The van der Waals surface area contributed by atoms with Crippen LogP contribution < -0.4 is 14.9 Å². The Morgan fingerprint density at radius 1 is 1.12 bits per heavy atom. The molecule has 1 aliphatic rings. The van der Waals surface area contributed by atoms with E-state index in [1.807, 2.05) is 4.90 Å².